The maximum atomic E-state index is 12.6. The number of carbonyl (C=O) groups is 1. The van der Waals surface area contributed by atoms with Gasteiger partial charge in [0.1, 0.15) is 15.5 Å². The maximum absolute atomic E-state index is 12.6. The van der Waals surface area contributed by atoms with Gasteiger partial charge in [-0.05, 0) is 39.2 Å². The molecule has 3 rings (SSSR count). The van der Waals surface area contributed by atoms with Gasteiger partial charge in [-0.3, -0.25) is 4.79 Å². The third-order valence-electron chi connectivity index (χ3n) is 5.03. The molecule has 0 aromatic carbocycles. The normalized spacial score (nSPS) is 17.2. The summed E-state index contributed by atoms with van der Waals surface area (Å²) >= 11 is 1.23. The van der Waals surface area contributed by atoms with Crippen LogP contribution < -0.4 is 10.9 Å². The van der Waals surface area contributed by atoms with Crippen LogP contribution in [0.2, 0.25) is 0 Å². The SMILES string of the molecule is CCOC(=O)c1sc2nc([C@H](C)NC3CCCCCC3)[nH]c(=O)c2c1C. The second-order valence-electron chi connectivity index (χ2n) is 6.98. The van der Waals surface area contributed by atoms with E-state index < -0.39 is 5.97 Å². The van der Waals surface area contributed by atoms with Crippen molar-refractivity contribution >= 4 is 27.5 Å². The first kappa shape index (κ1) is 19.0. The minimum atomic E-state index is -0.390. The van der Waals surface area contributed by atoms with E-state index in [4.69, 9.17) is 4.74 Å². The molecule has 2 aromatic rings. The minimum Gasteiger partial charge on any atom is -0.462 e. The molecule has 2 N–H and O–H groups in total. The van der Waals surface area contributed by atoms with E-state index in [-0.39, 0.29) is 11.6 Å². The molecule has 7 heteroatoms. The van der Waals surface area contributed by atoms with Gasteiger partial charge < -0.3 is 15.0 Å². The molecule has 142 valence electrons. The highest BCUT2D eigenvalue weighted by Gasteiger charge is 2.22. The molecule has 0 saturated heterocycles. The number of thiophene rings is 1. The quantitative estimate of drug-likeness (QED) is 0.611. The number of nitrogens with one attached hydrogen (secondary N) is 2. The molecule has 1 saturated carbocycles. The summed E-state index contributed by atoms with van der Waals surface area (Å²) < 4.78 is 5.09. The molecule has 6 nitrogen and oxygen atoms in total. The Labute approximate surface area is 157 Å². The van der Waals surface area contributed by atoms with Crippen LogP contribution in [0.5, 0.6) is 0 Å². The molecular formula is C19H27N3O3S. The zero-order chi connectivity index (χ0) is 18.7. The molecule has 0 radical (unpaired) electrons. The Hall–Kier alpha value is -1.73. The average molecular weight is 378 g/mol. The van der Waals surface area contributed by atoms with Gasteiger partial charge in [0, 0.05) is 6.04 Å². The van der Waals surface area contributed by atoms with E-state index in [0.717, 1.165) is 0 Å². The molecule has 1 aliphatic carbocycles. The van der Waals surface area contributed by atoms with Crippen molar-refractivity contribution in [3.63, 3.8) is 0 Å². The lowest BCUT2D eigenvalue weighted by Gasteiger charge is -2.21. The van der Waals surface area contributed by atoms with E-state index in [1.165, 1.54) is 49.9 Å². The third kappa shape index (κ3) is 3.99. The number of H-pyrrole nitrogens is 1. The highest BCUT2D eigenvalue weighted by atomic mass is 32.1. The van der Waals surface area contributed by atoms with Gasteiger partial charge in [-0.2, -0.15) is 0 Å². The first-order valence-corrected chi connectivity index (χ1v) is 10.3. The summed E-state index contributed by atoms with van der Waals surface area (Å²) in [4.78, 5) is 33.3. The zero-order valence-electron chi connectivity index (χ0n) is 15.7. The highest BCUT2D eigenvalue weighted by Crippen LogP contribution is 2.28. The number of carbonyl (C=O) groups excluding carboxylic acids is 1. The first-order valence-electron chi connectivity index (χ1n) is 9.47. The van der Waals surface area contributed by atoms with E-state index in [1.54, 1.807) is 13.8 Å². The van der Waals surface area contributed by atoms with Gasteiger partial charge in [0.2, 0.25) is 0 Å². The number of ether oxygens (including phenoxy) is 1. The lowest BCUT2D eigenvalue weighted by Crippen LogP contribution is -2.32. The summed E-state index contributed by atoms with van der Waals surface area (Å²) in [6.07, 6.45) is 7.45. The van der Waals surface area contributed by atoms with Crippen LogP contribution in [0, 0.1) is 6.92 Å². The number of hydrogen-bond donors (Lipinski definition) is 2. The third-order valence-corrected chi connectivity index (χ3v) is 6.20. The van der Waals surface area contributed by atoms with Gasteiger partial charge in [-0.1, -0.05) is 25.7 Å². The Morgan fingerprint density at radius 1 is 1.35 bits per heavy atom. The fourth-order valence-electron chi connectivity index (χ4n) is 3.64. The van der Waals surface area contributed by atoms with Crippen LogP contribution in [-0.4, -0.2) is 28.6 Å². The number of esters is 1. The largest absolute Gasteiger partial charge is 0.462 e. The zero-order valence-corrected chi connectivity index (χ0v) is 16.5. The van der Waals surface area contributed by atoms with Crippen LogP contribution in [0.25, 0.3) is 10.2 Å². The molecule has 0 amide bonds. The molecule has 0 aliphatic heterocycles. The number of nitrogens with zero attached hydrogens (tertiary/aromatic N) is 1. The predicted octanol–water partition coefficient (Wildman–Crippen LogP) is 3.84. The summed E-state index contributed by atoms with van der Waals surface area (Å²) in [7, 11) is 0. The molecule has 0 bridgehead atoms. The Morgan fingerprint density at radius 3 is 2.69 bits per heavy atom. The number of aromatic nitrogens is 2. The van der Waals surface area contributed by atoms with Crippen molar-refractivity contribution in [1.29, 1.82) is 0 Å². The van der Waals surface area contributed by atoms with Crippen molar-refractivity contribution in [2.45, 2.75) is 71.4 Å². The number of aromatic amines is 1. The standard InChI is InChI=1S/C19H27N3O3S/c1-4-25-19(24)15-11(2)14-17(23)21-16(22-18(14)26-15)12(3)20-13-9-7-5-6-8-10-13/h12-13,20H,4-10H2,1-3H3,(H,21,22,23)/t12-/m0/s1. The molecule has 2 aromatic heterocycles. The second-order valence-corrected chi connectivity index (χ2v) is 7.98. The summed E-state index contributed by atoms with van der Waals surface area (Å²) in [6.45, 7) is 5.88. The summed E-state index contributed by atoms with van der Waals surface area (Å²) in [5.41, 5.74) is 0.456. The summed E-state index contributed by atoms with van der Waals surface area (Å²) in [5, 5.41) is 4.10. The number of aryl methyl sites for hydroxylation is 1. The van der Waals surface area contributed by atoms with E-state index >= 15 is 0 Å². The Morgan fingerprint density at radius 2 is 2.04 bits per heavy atom. The van der Waals surface area contributed by atoms with Gasteiger partial charge in [0.25, 0.3) is 5.56 Å². The fraction of sp³-hybridized carbons (Fsp3) is 0.632. The van der Waals surface area contributed by atoms with Crippen LogP contribution in [0.1, 0.15) is 79.5 Å². The van der Waals surface area contributed by atoms with E-state index in [0.29, 0.717) is 39.1 Å². The number of rotatable bonds is 5. The van der Waals surface area contributed by atoms with Crippen LogP contribution in [-0.2, 0) is 4.74 Å². The first-order chi connectivity index (χ1) is 12.5. The van der Waals surface area contributed by atoms with Gasteiger partial charge in [0.05, 0.1) is 18.0 Å². The van der Waals surface area contributed by atoms with Crippen LogP contribution >= 0.6 is 11.3 Å². The summed E-state index contributed by atoms with van der Waals surface area (Å²) in [6, 6.07) is 0.428. The van der Waals surface area contributed by atoms with Crippen molar-refractivity contribution in [1.82, 2.24) is 15.3 Å². The van der Waals surface area contributed by atoms with Gasteiger partial charge in [-0.15, -0.1) is 11.3 Å². The lowest BCUT2D eigenvalue weighted by atomic mass is 10.1. The minimum absolute atomic E-state index is 0.0383. The molecule has 26 heavy (non-hydrogen) atoms. The predicted molar refractivity (Wildman–Crippen MR) is 104 cm³/mol. The highest BCUT2D eigenvalue weighted by molar-refractivity contribution is 7.20. The molecule has 1 atom stereocenters. The van der Waals surface area contributed by atoms with Crippen molar-refractivity contribution < 1.29 is 9.53 Å². The number of hydrogen-bond acceptors (Lipinski definition) is 6. The molecule has 0 spiro atoms. The van der Waals surface area contributed by atoms with Crippen molar-refractivity contribution in [2.75, 3.05) is 6.61 Å². The van der Waals surface area contributed by atoms with Crippen LogP contribution in [0.4, 0.5) is 0 Å². The van der Waals surface area contributed by atoms with Crippen molar-refractivity contribution in [2.24, 2.45) is 0 Å². The van der Waals surface area contributed by atoms with E-state index in [9.17, 15) is 9.59 Å². The van der Waals surface area contributed by atoms with Crippen molar-refractivity contribution in [3.8, 4) is 0 Å². The second kappa shape index (κ2) is 8.31. The van der Waals surface area contributed by atoms with E-state index in [1.807, 2.05) is 6.92 Å². The number of fused-ring (bicyclic) bond motifs is 1. The van der Waals surface area contributed by atoms with Crippen LogP contribution in [0.15, 0.2) is 4.79 Å². The fourth-order valence-corrected chi connectivity index (χ4v) is 4.72. The molecule has 1 aliphatic rings. The average Bonchev–Trinajstić information content (AvgIpc) is 2.77. The van der Waals surface area contributed by atoms with Gasteiger partial charge >= 0.3 is 5.97 Å². The molecule has 2 heterocycles. The Balaban J connectivity index is 1.87. The van der Waals surface area contributed by atoms with Gasteiger partial charge in [-0.25, -0.2) is 9.78 Å². The van der Waals surface area contributed by atoms with E-state index in [2.05, 4.69) is 15.3 Å². The monoisotopic (exact) mass is 377 g/mol. The Kier molecular flexibility index (Phi) is 6.09. The van der Waals surface area contributed by atoms with Crippen molar-refractivity contribution in [3.05, 3.63) is 26.6 Å². The van der Waals surface area contributed by atoms with Gasteiger partial charge in [0.15, 0.2) is 0 Å². The topological polar surface area (TPSA) is 84.1 Å². The molecule has 0 unspecified atom stereocenters. The Bertz CT molecular complexity index is 834. The smallest absolute Gasteiger partial charge is 0.348 e. The lowest BCUT2D eigenvalue weighted by molar-refractivity contribution is 0.0531. The van der Waals surface area contributed by atoms with Crippen LogP contribution in [0.3, 0.4) is 0 Å². The molecule has 1 fully saturated rings. The summed E-state index contributed by atoms with van der Waals surface area (Å²) in [5.74, 6) is 0.238. The molecular weight excluding hydrogens is 350 g/mol. The maximum Gasteiger partial charge on any atom is 0.348 e.